The Labute approximate surface area is 173 Å². The molecule has 0 unspecified atom stereocenters. The summed E-state index contributed by atoms with van der Waals surface area (Å²) < 4.78 is 10.8. The van der Waals surface area contributed by atoms with Gasteiger partial charge in [-0.05, 0) is 24.6 Å². The van der Waals surface area contributed by atoms with Crippen LogP contribution < -0.4 is 10.2 Å². The van der Waals surface area contributed by atoms with Gasteiger partial charge in [0, 0.05) is 37.5 Å². The second kappa shape index (κ2) is 8.75. The van der Waals surface area contributed by atoms with E-state index in [1.165, 1.54) is 0 Å². The first kappa shape index (κ1) is 19.6. The van der Waals surface area contributed by atoms with E-state index < -0.39 is 0 Å². The lowest BCUT2D eigenvalue weighted by atomic mass is 10.2. The molecule has 0 aliphatic carbocycles. The van der Waals surface area contributed by atoms with Crippen molar-refractivity contribution in [3.8, 4) is 0 Å². The molecule has 4 rings (SSSR count). The lowest BCUT2D eigenvalue weighted by molar-refractivity contribution is -0.121. The normalized spacial score (nSPS) is 14.3. The predicted octanol–water partition coefficient (Wildman–Crippen LogP) is 2.67. The largest absolute Gasteiger partial charge is 0.378 e. The third-order valence-corrected chi connectivity index (χ3v) is 5.08. The maximum absolute atomic E-state index is 12.3. The van der Waals surface area contributed by atoms with Gasteiger partial charge >= 0.3 is 0 Å². The Morgan fingerprint density at radius 3 is 2.72 bits per heavy atom. The van der Waals surface area contributed by atoms with Crippen molar-refractivity contribution in [3.05, 3.63) is 46.4 Å². The molecule has 1 N–H and O–H groups in total. The Kier molecular flexibility index (Phi) is 5.92. The van der Waals surface area contributed by atoms with Gasteiger partial charge in [-0.2, -0.15) is 4.98 Å². The molecule has 152 valence electrons. The van der Waals surface area contributed by atoms with E-state index in [1.807, 2.05) is 19.1 Å². The zero-order valence-corrected chi connectivity index (χ0v) is 16.9. The number of morpholine rings is 1. The number of benzene rings is 1. The van der Waals surface area contributed by atoms with Crippen molar-refractivity contribution < 1.29 is 14.1 Å². The minimum absolute atomic E-state index is 0.0645. The quantitative estimate of drug-likeness (QED) is 0.661. The fraction of sp³-hybridized carbons (Fsp3) is 0.400. The monoisotopic (exact) mass is 415 g/mol. The van der Waals surface area contributed by atoms with Crippen LogP contribution in [-0.4, -0.2) is 47.3 Å². The zero-order chi connectivity index (χ0) is 20.2. The van der Waals surface area contributed by atoms with Gasteiger partial charge in [0.25, 0.3) is 5.71 Å². The number of aromatic nitrogens is 3. The molecule has 3 heterocycles. The lowest BCUT2D eigenvalue weighted by Crippen LogP contribution is -2.37. The molecular formula is C20H22ClN5O3. The molecule has 0 atom stereocenters. The highest BCUT2D eigenvalue weighted by Crippen LogP contribution is 2.27. The molecule has 1 aliphatic heterocycles. The van der Waals surface area contributed by atoms with Gasteiger partial charge in [0.2, 0.25) is 5.91 Å². The first-order chi connectivity index (χ1) is 14.1. The van der Waals surface area contributed by atoms with Crippen LogP contribution in [0.3, 0.4) is 0 Å². The predicted molar refractivity (Wildman–Crippen MR) is 109 cm³/mol. The number of carbonyl (C=O) groups is 1. The molecule has 0 bridgehead atoms. The third kappa shape index (κ3) is 4.65. The number of ether oxygens (including phenoxy) is 1. The minimum atomic E-state index is -0.0645. The van der Waals surface area contributed by atoms with Gasteiger partial charge in [-0.15, -0.1) is 0 Å². The molecule has 8 nitrogen and oxygen atoms in total. The van der Waals surface area contributed by atoms with E-state index in [0.717, 1.165) is 35.6 Å². The summed E-state index contributed by atoms with van der Waals surface area (Å²) in [5.41, 5.74) is 2.21. The summed E-state index contributed by atoms with van der Waals surface area (Å²) in [7, 11) is 0. The average Bonchev–Trinajstić information content (AvgIpc) is 3.12. The summed E-state index contributed by atoms with van der Waals surface area (Å²) in [6.45, 7) is 5.13. The Morgan fingerprint density at radius 2 is 1.97 bits per heavy atom. The van der Waals surface area contributed by atoms with E-state index in [-0.39, 0.29) is 12.3 Å². The fourth-order valence-electron chi connectivity index (χ4n) is 3.24. The van der Waals surface area contributed by atoms with Crippen molar-refractivity contribution >= 4 is 34.4 Å². The molecule has 1 aromatic carbocycles. The number of halogens is 1. The summed E-state index contributed by atoms with van der Waals surface area (Å²) >= 11 is 5.88. The number of hydrogen-bond donors (Lipinski definition) is 1. The van der Waals surface area contributed by atoms with Crippen molar-refractivity contribution in [3.63, 3.8) is 0 Å². The van der Waals surface area contributed by atoms with E-state index in [9.17, 15) is 4.79 Å². The van der Waals surface area contributed by atoms with Crippen molar-refractivity contribution in [2.75, 3.05) is 31.2 Å². The maximum Gasteiger partial charge on any atom is 0.263 e. The molecule has 2 aromatic heterocycles. The van der Waals surface area contributed by atoms with E-state index >= 15 is 0 Å². The molecule has 0 spiro atoms. The molecule has 1 saturated heterocycles. The van der Waals surface area contributed by atoms with Gasteiger partial charge < -0.3 is 19.5 Å². The second-order valence-corrected chi connectivity index (χ2v) is 7.35. The van der Waals surface area contributed by atoms with E-state index in [1.54, 1.807) is 12.1 Å². The van der Waals surface area contributed by atoms with Crippen LogP contribution in [0.2, 0.25) is 5.02 Å². The van der Waals surface area contributed by atoms with Crippen LogP contribution in [0.1, 0.15) is 23.5 Å². The number of amides is 1. The van der Waals surface area contributed by atoms with Gasteiger partial charge in [-0.3, -0.25) is 4.79 Å². The summed E-state index contributed by atoms with van der Waals surface area (Å²) in [5.74, 6) is 1.30. The highest BCUT2D eigenvalue weighted by Gasteiger charge is 2.21. The van der Waals surface area contributed by atoms with Crippen LogP contribution in [0.15, 0.2) is 28.8 Å². The molecule has 29 heavy (non-hydrogen) atoms. The van der Waals surface area contributed by atoms with Gasteiger partial charge in [0.05, 0.1) is 18.9 Å². The van der Waals surface area contributed by atoms with Gasteiger partial charge in [-0.1, -0.05) is 28.9 Å². The minimum Gasteiger partial charge on any atom is -0.378 e. The van der Waals surface area contributed by atoms with Crippen molar-refractivity contribution in [2.24, 2.45) is 0 Å². The van der Waals surface area contributed by atoms with Crippen LogP contribution in [-0.2, 0) is 22.5 Å². The Bertz CT molecular complexity index is 999. The fourth-order valence-corrected chi connectivity index (χ4v) is 3.37. The van der Waals surface area contributed by atoms with Crippen LogP contribution in [0, 0.1) is 6.92 Å². The highest BCUT2D eigenvalue weighted by atomic mass is 35.5. The van der Waals surface area contributed by atoms with Crippen LogP contribution >= 0.6 is 11.6 Å². The molecule has 0 radical (unpaired) electrons. The summed E-state index contributed by atoms with van der Waals surface area (Å²) in [5, 5.41) is 8.43. The number of rotatable bonds is 6. The average molecular weight is 416 g/mol. The topological polar surface area (TPSA) is 93.4 Å². The van der Waals surface area contributed by atoms with Gasteiger partial charge in [-0.25, -0.2) is 4.98 Å². The summed E-state index contributed by atoms with van der Waals surface area (Å²) in [4.78, 5) is 23.6. The van der Waals surface area contributed by atoms with E-state index in [2.05, 4.69) is 20.4 Å². The van der Waals surface area contributed by atoms with Crippen LogP contribution in [0.25, 0.3) is 11.1 Å². The molecule has 3 aromatic rings. The molecule has 1 aliphatic rings. The molecule has 9 heteroatoms. The summed E-state index contributed by atoms with van der Waals surface area (Å²) in [6, 6.07) is 7.39. The van der Waals surface area contributed by atoms with Crippen molar-refractivity contribution in [1.82, 2.24) is 20.4 Å². The SMILES string of the molecule is Cc1noc2nc(CCC(=O)NCc3ccc(Cl)cc3)nc(N3CCOCC3)c12. The molecule has 0 saturated carbocycles. The van der Waals surface area contributed by atoms with Gasteiger partial charge in [0.1, 0.15) is 17.0 Å². The number of nitrogens with one attached hydrogen (secondary N) is 1. The highest BCUT2D eigenvalue weighted by molar-refractivity contribution is 6.30. The van der Waals surface area contributed by atoms with Crippen LogP contribution in [0.5, 0.6) is 0 Å². The van der Waals surface area contributed by atoms with E-state index in [4.69, 9.17) is 25.8 Å². The second-order valence-electron chi connectivity index (χ2n) is 6.91. The van der Waals surface area contributed by atoms with E-state index in [0.29, 0.717) is 42.7 Å². The molecule has 1 fully saturated rings. The van der Waals surface area contributed by atoms with Crippen LogP contribution in [0.4, 0.5) is 5.82 Å². The maximum atomic E-state index is 12.3. The third-order valence-electron chi connectivity index (χ3n) is 4.82. The molecular weight excluding hydrogens is 394 g/mol. The zero-order valence-electron chi connectivity index (χ0n) is 16.2. The number of hydrogen-bond acceptors (Lipinski definition) is 7. The number of aryl methyl sites for hydroxylation is 2. The van der Waals surface area contributed by atoms with Crippen molar-refractivity contribution in [1.29, 1.82) is 0 Å². The Morgan fingerprint density at radius 1 is 1.21 bits per heavy atom. The van der Waals surface area contributed by atoms with Crippen molar-refractivity contribution in [2.45, 2.75) is 26.3 Å². The Hall–Kier alpha value is -2.71. The number of nitrogens with zero attached hydrogens (tertiary/aromatic N) is 4. The number of fused-ring (bicyclic) bond motifs is 1. The van der Waals surface area contributed by atoms with Gasteiger partial charge in [0.15, 0.2) is 0 Å². The number of anilines is 1. The molecule has 1 amide bonds. The lowest BCUT2D eigenvalue weighted by Gasteiger charge is -2.28. The number of carbonyl (C=O) groups excluding carboxylic acids is 1. The first-order valence-corrected chi connectivity index (χ1v) is 9.94. The first-order valence-electron chi connectivity index (χ1n) is 9.57. The smallest absolute Gasteiger partial charge is 0.263 e. The standard InChI is InChI=1S/C20H22ClN5O3/c1-13-18-19(26-8-10-28-11-9-26)23-16(24-20(18)29-25-13)6-7-17(27)22-12-14-2-4-15(21)5-3-14/h2-5H,6-12H2,1H3,(H,22,27). The summed E-state index contributed by atoms with van der Waals surface area (Å²) in [6.07, 6.45) is 0.703. The Balaban J connectivity index is 1.43.